The van der Waals surface area contributed by atoms with E-state index in [0.29, 0.717) is 0 Å². The Morgan fingerprint density at radius 2 is 2.21 bits per heavy atom. The summed E-state index contributed by atoms with van der Waals surface area (Å²) in [6, 6.07) is 0. The summed E-state index contributed by atoms with van der Waals surface area (Å²) in [6.45, 7) is 0. The molecule has 0 aliphatic heterocycles. The maximum atomic E-state index is 12.4. The minimum Gasteiger partial charge on any atom is -0.211 e. The predicted octanol–water partition coefficient (Wildman–Crippen LogP) is 2.79. The molecule has 1 rings (SSSR count). The van der Waals surface area contributed by atoms with Crippen LogP contribution in [0.3, 0.4) is 0 Å². The summed E-state index contributed by atoms with van der Waals surface area (Å²) in [6.07, 6.45) is -1.95. The van der Waals surface area contributed by atoms with Gasteiger partial charge in [-0.1, -0.05) is 6.08 Å². The second-order valence-electron chi connectivity index (χ2n) is 3.00. The monoisotopic (exact) mass is 225 g/mol. The molecular formula is C8H7ClF3NO. The quantitative estimate of drug-likeness (QED) is 0.383. The molecule has 0 aromatic heterocycles. The number of rotatable bonds is 1. The minimum atomic E-state index is -4.34. The molecule has 2 atom stereocenters. The van der Waals surface area contributed by atoms with Crippen molar-refractivity contribution in [2.24, 2.45) is 10.9 Å². The summed E-state index contributed by atoms with van der Waals surface area (Å²) in [5.41, 5.74) is 0.110. The average molecular weight is 226 g/mol. The summed E-state index contributed by atoms with van der Waals surface area (Å²) in [7, 11) is 0. The number of isocyanates is 1. The van der Waals surface area contributed by atoms with Crippen LogP contribution in [0, 0.1) is 5.92 Å². The first-order chi connectivity index (χ1) is 6.45. The first kappa shape index (κ1) is 11.3. The number of aliphatic imine (C=N–C) groups is 1. The molecule has 1 aliphatic rings. The van der Waals surface area contributed by atoms with E-state index in [2.05, 4.69) is 4.99 Å². The molecule has 0 heterocycles. The molecule has 0 fully saturated rings. The molecule has 0 bridgehead atoms. The third kappa shape index (κ3) is 2.59. The van der Waals surface area contributed by atoms with Gasteiger partial charge in [-0.25, -0.2) is 4.79 Å². The lowest BCUT2D eigenvalue weighted by molar-refractivity contribution is -0.175. The molecule has 2 unspecified atom stereocenters. The van der Waals surface area contributed by atoms with Crippen molar-refractivity contribution >= 4 is 17.7 Å². The largest absolute Gasteiger partial charge is 0.393 e. The molecule has 0 saturated carbocycles. The van der Waals surface area contributed by atoms with Gasteiger partial charge < -0.3 is 0 Å². The molecule has 78 valence electrons. The number of carbonyl (C=O) groups excluding carboxylic acids is 1. The lowest BCUT2D eigenvalue weighted by atomic mass is 9.91. The summed E-state index contributed by atoms with van der Waals surface area (Å²) >= 11 is 5.53. The van der Waals surface area contributed by atoms with Gasteiger partial charge in [0.15, 0.2) is 0 Å². The minimum absolute atomic E-state index is 0.0756. The molecule has 0 radical (unpaired) electrons. The average Bonchev–Trinajstić information content (AvgIpc) is 2.07. The van der Waals surface area contributed by atoms with Gasteiger partial charge in [0.1, 0.15) is 0 Å². The highest BCUT2D eigenvalue weighted by Gasteiger charge is 2.45. The van der Waals surface area contributed by atoms with Crippen LogP contribution >= 0.6 is 11.6 Å². The standard InChI is InChI=1S/C8H7ClF3NO/c9-7-2-1-5(13-4-14)3-6(7)8(10,11)12/h1,6-7H,2-3H2. The van der Waals surface area contributed by atoms with Crippen molar-refractivity contribution in [2.45, 2.75) is 24.4 Å². The van der Waals surface area contributed by atoms with E-state index in [1.54, 1.807) is 0 Å². The van der Waals surface area contributed by atoms with E-state index in [-0.39, 0.29) is 18.5 Å². The van der Waals surface area contributed by atoms with Gasteiger partial charge in [-0.05, 0) is 6.42 Å². The van der Waals surface area contributed by atoms with Crippen molar-refractivity contribution in [3.05, 3.63) is 11.8 Å². The van der Waals surface area contributed by atoms with Gasteiger partial charge in [-0.3, -0.25) is 0 Å². The maximum Gasteiger partial charge on any atom is 0.393 e. The Balaban J connectivity index is 2.81. The summed E-state index contributed by atoms with van der Waals surface area (Å²) in [5.74, 6) is -1.62. The summed E-state index contributed by atoms with van der Waals surface area (Å²) in [4.78, 5) is 13.0. The fourth-order valence-electron chi connectivity index (χ4n) is 1.32. The Bertz CT molecular complexity index is 293. The lowest BCUT2D eigenvalue weighted by Crippen LogP contribution is -2.33. The molecular weight excluding hydrogens is 219 g/mol. The number of hydrogen-bond acceptors (Lipinski definition) is 2. The van der Waals surface area contributed by atoms with Crippen LogP contribution in [0.1, 0.15) is 12.8 Å². The second-order valence-corrected chi connectivity index (χ2v) is 3.56. The van der Waals surface area contributed by atoms with Gasteiger partial charge in [0.25, 0.3) is 0 Å². The highest BCUT2D eigenvalue weighted by molar-refractivity contribution is 6.21. The summed E-state index contributed by atoms with van der Waals surface area (Å²) in [5, 5.41) is -0.972. The van der Waals surface area contributed by atoms with Crippen molar-refractivity contribution in [3.8, 4) is 0 Å². The van der Waals surface area contributed by atoms with Crippen molar-refractivity contribution in [1.82, 2.24) is 0 Å². The Hall–Kier alpha value is -0.800. The molecule has 0 spiro atoms. The second kappa shape index (κ2) is 4.15. The van der Waals surface area contributed by atoms with Crippen molar-refractivity contribution in [3.63, 3.8) is 0 Å². The van der Waals surface area contributed by atoms with Crippen LogP contribution in [-0.4, -0.2) is 17.6 Å². The molecule has 1 aliphatic carbocycles. The number of halogens is 4. The zero-order valence-electron chi connectivity index (χ0n) is 7.01. The van der Waals surface area contributed by atoms with Crippen LogP contribution in [0.15, 0.2) is 16.8 Å². The van der Waals surface area contributed by atoms with E-state index in [9.17, 15) is 18.0 Å². The van der Waals surface area contributed by atoms with Gasteiger partial charge >= 0.3 is 6.18 Å². The van der Waals surface area contributed by atoms with Crippen molar-refractivity contribution in [1.29, 1.82) is 0 Å². The third-order valence-electron chi connectivity index (χ3n) is 2.05. The van der Waals surface area contributed by atoms with E-state index >= 15 is 0 Å². The van der Waals surface area contributed by atoms with Gasteiger partial charge in [0, 0.05) is 11.8 Å². The summed E-state index contributed by atoms with van der Waals surface area (Å²) < 4.78 is 37.1. The fourth-order valence-corrected chi connectivity index (χ4v) is 1.64. The topological polar surface area (TPSA) is 29.4 Å². The zero-order chi connectivity index (χ0) is 10.8. The van der Waals surface area contributed by atoms with E-state index in [0.717, 1.165) is 0 Å². The maximum absolute atomic E-state index is 12.4. The van der Waals surface area contributed by atoms with Crippen LogP contribution in [-0.2, 0) is 4.79 Å². The fraction of sp³-hybridized carbons (Fsp3) is 0.625. The third-order valence-corrected chi connectivity index (χ3v) is 2.54. The highest BCUT2D eigenvalue weighted by Crippen LogP contribution is 2.40. The van der Waals surface area contributed by atoms with Crippen LogP contribution in [0.5, 0.6) is 0 Å². The Morgan fingerprint density at radius 3 is 2.71 bits per heavy atom. The SMILES string of the molecule is O=C=NC1=CCC(Cl)C(C(F)(F)F)C1. The van der Waals surface area contributed by atoms with E-state index in [1.807, 2.05) is 0 Å². The molecule has 0 aromatic carbocycles. The van der Waals surface area contributed by atoms with Crippen molar-refractivity contribution in [2.75, 3.05) is 0 Å². The van der Waals surface area contributed by atoms with Crippen LogP contribution in [0.25, 0.3) is 0 Å². The molecule has 14 heavy (non-hydrogen) atoms. The Morgan fingerprint density at radius 1 is 1.57 bits per heavy atom. The van der Waals surface area contributed by atoms with Gasteiger partial charge in [-0.15, -0.1) is 11.6 Å². The molecule has 0 N–H and O–H groups in total. The van der Waals surface area contributed by atoms with Crippen molar-refractivity contribution < 1.29 is 18.0 Å². The molecule has 0 aromatic rings. The van der Waals surface area contributed by atoms with E-state index in [1.165, 1.54) is 12.2 Å². The smallest absolute Gasteiger partial charge is 0.211 e. The highest BCUT2D eigenvalue weighted by atomic mass is 35.5. The van der Waals surface area contributed by atoms with Gasteiger partial charge in [-0.2, -0.15) is 18.2 Å². The molecule has 0 amide bonds. The van der Waals surface area contributed by atoms with E-state index < -0.39 is 17.5 Å². The van der Waals surface area contributed by atoms with Gasteiger partial charge in [0.05, 0.1) is 11.6 Å². The number of allylic oxidation sites excluding steroid dienone is 2. The normalized spacial score (nSPS) is 27.9. The Labute approximate surface area is 83.5 Å². The zero-order valence-corrected chi connectivity index (χ0v) is 7.77. The van der Waals surface area contributed by atoms with Gasteiger partial charge in [0.2, 0.25) is 6.08 Å². The lowest BCUT2D eigenvalue weighted by Gasteiger charge is -2.27. The van der Waals surface area contributed by atoms with Crippen LogP contribution in [0.2, 0.25) is 0 Å². The first-order valence-corrected chi connectivity index (χ1v) is 4.36. The molecule has 6 heteroatoms. The van der Waals surface area contributed by atoms with E-state index in [4.69, 9.17) is 11.6 Å². The number of nitrogens with zero attached hydrogens (tertiary/aromatic N) is 1. The predicted molar refractivity (Wildman–Crippen MR) is 44.6 cm³/mol. The first-order valence-electron chi connectivity index (χ1n) is 3.93. The van der Waals surface area contributed by atoms with Crippen LogP contribution in [0.4, 0.5) is 13.2 Å². The molecule has 2 nitrogen and oxygen atoms in total. The number of hydrogen-bond donors (Lipinski definition) is 0. The molecule has 0 saturated heterocycles. The van der Waals surface area contributed by atoms with Crippen LogP contribution < -0.4 is 0 Å². The number of alkyl halides is 4. The Kier molecular flexibility index (Phi) is 3.34.